The van der Waals surface area contributed by atoms with E-state index in [1.165, 1.54) is 17.0 Å². The van der Waals surface area contributed by atoms with Crippen LogP contribution in [0.1, 0.15) is 43.2 Å². The van der Waals surface area contributed by atoms with Crippen molar-refractivity contribution in [1.82, 2.24) is 9.80 Å². The Labute approximate surface area is 170 Å². The van der Waals surface area contributed by atoms with Crippen molar-refractivity contribution < 1.29 is 14.0 Å². The molecule has 150 valence electrons. The third kappa shape index (κ3) is 3.82. The first-order valence-corrected chi connectivity index (χ1v) is 10.2. The quantitative estimate of drug-likeness (QED) is 0.710. The van der Waals surface area contributed by atoms with Gasteiger partial charge in [-0.25, -0.2) is 4.39 Å². The Balaban J connectivity index is 1.73. The zero-order valence-corrected chi connectivity index (χ0v) is 16.6. The molecule has 0 aromatic heterocycles. The van der Waals surface area contributed by atoms with E-state index < -0.39 is 0 Å². The molecule has 0 spiro atoms. The van der Waals surface area contributed by atoms with Crippen LogP contribution in [0.15, 0.2) is 60.3 Å². The third-order valence-corrected chi connectivity index (χ3v) is 5.81. The maximum absolute atomic E-state index is 13.5. The Bertz CT molecular complexity index is 931. The van der Waals surface area contributed by atoms with Gasteiger partial charge >= 0.3 is 0 Å². The van der Waals surface area contributed by atoms with Crippen LogP contribution in [0.25, 0.3) is 5.57 Å². The normalized spacial score (nSPS) is 17.9. The van der Waals surface area contributed by atoms with Gasteiger partial charge in [-0.1, -0.05) is 61.7 Å². The number of carbonyl (C=O) groups excluding carboxylic acids is 2. The average molecular weight is 392 g/mol. The van der Waals surface area contributed by atoms with E-state index in [4.69, 9.17) is 0 Å². The fraction of sp³-hybridized carbons (Fsp3) is 0.333. The number of carbonyl (C=O) groups is 2. The van der Waals surface area contributed by atoms with E-state index in [2.05, 4.69) is 0 Å². The number of halogens is 1. The molecule has 0 bridgehead atoms. The summed E-state index contributed by atoms with van der Waals surface area (Å²) in [5.41, 5.74) is 2.41. The monoisotopic (exact) mass is 392 g/mol. The van der Waals surface area contributed by atoms with Gasteiger partial charge in [0.1, 0.15) is 11.5 Å². The number of benzene rings is 2. The maximum atomic E-state index is 13.5. The minimum absolute atomic E-state index is 0.0539. The topological polar surface area (TPSA) is 40.6 Å². The molecule has 1 saturated carbocycles. The van der Waals surface area contributed by atoms with Gasteiger partial charge < -0.3 is 4.90 Å². The Hall–Kier alpha value is -2.95. The molecule has 0 N–H and O–H groups in total. The fourth-order valence-electron chi connectivity index (χ4n) is 4.37. The number of nitrogens with zero attached hydrogens (tertiary/aromatic N) is 2. The highest BCUT2D eigenvalue weighted by atomic mass is 19.1. The largest absolute Gasteiger partial charge is 0.365 e. The molecule has 2 aromatic rings. The van der Waals surface area contributed by atoms with E-state index in [0.717, 1.165) is 37.7 Å². The van der Waals surface area contributed by atoms with Crippen LogP contribution in [0, 0.1) is 5.82 Å². The molecule has 2 aromatic carbocycles. The first-order valence-electron chi connectivity index (χ1n) is 10.2. The lowest BCUT2D eigenvalue weighted by atomic mass is 9.94. The summed E-state index contributed by atoms with van der Waals surface area (Å²) in [4.78, 5) is 30.1. The van der Waals surface area contributed by atoms with Gasteiger partial charge in [-0.05, 0) is 36.1 Å². The molecule has 1 fully saturated rings. The predicted molar refractivity (Wildman–Crippen MR) is 110 cm³/mol. The summed E-state index contributed by atoms with van der Waals surface area (Å²) < 4.78 is 13.5. The number of rotatable bonds is 5. The van der Waals surface area contributed by atoms with Crippen LogP contribution in [-0.2, 0) is 16.1 Å². The lowest BCUT2D eigenvalue weighted by molar-refractivity contribution is -0.140. The van der Waals surface area contributed by atoms with Crippen LogP contribution in [0.4, 0.5) is 4.39 Å². The lowest BCUT2D eigenvalue weighted by Gasteiger charge is -2.30. The fourth-order valence-corrected chi connectivity index (χ4v) is 4.37. The van der Waals surface area contributed by atoms with Gasteiger partial charge in [0.25, 0.3) is 11.8 Å². The molecule has 2 amide bonds. The summed E-state index contributed by atoms with van der Waals surface area (Å²) in [6.07, 6.45) is 4.91. The molecule has 4 rings (SSSR count). The van der Waals surface area contributed by atoms with E-state index in [1.807, 2.05) is 42.3 Å². The zero-order valence-electron chi connectivity index (χ0n) is 16.6. The van der Waals surface area contributed by atoms with Crippen molar-refractivity contribution in [3.63, 3.8) is 0 Å². The predicted octanol–water partition coefficient (Wildman–Crippen LogP) is 4.37. The van der Waals surface area contributed by atoms with Gasteiger partial charge in [-0.15, -0.1) is 0 Å². The molecule has 2 aliphatic rings. The number of imide groups is 1. The van der Waals surface area contributed by atoms with Gasteiger partial charge in [0, 0.05) is 19.6 Å². The minimum atomic E-state index is -0.366. The Morgan fingerprint density at radius 1 is 0.931 bits per heavy atom. The van der Waals surface area contributed by atoms with E-state index in [0.29, 0.717) is 23.4 Å². The molecule has 0 unspecified atom stereocenters. The van der Waals surface area contributed by atoms with Gasteiger partial charge in [0.2, 0.25) is 0 Å². The van der Waals surface area contributed by atoms with Crippen molar-refractivity contribution in [1.29, 1.82) is 0 Å². The second-order valence-electron chi connectivity index (χ2n) is 7.84. The van der Waals surface area contributed by atoms with Crippen LogP contribution < -0.4 is 0 Å². The number of likely N-dealkylation sites (N-methyl/N-ethyl adjacent to an activating group) is 1. The van der Waals surface area contributed by atoms with E-state index in [9.17, 15) is 14.0 Å². The molecular weight excluding hydrogens is 367 g/mol. The van der Waals surface area contributed by atoms with Gasteiger partial charge in [-0.3, -0.25) is 14.5 Å². The molecule has 0 radical (unpaired) electrons. The van der Waals surface area contributed by atoms with Crippen LogP contribution in [0.3, 0.4) is 0 Å². The zero-order chi connectivity index (χ0) is 20.4. The minimum Gasteiger partial charge on any atom is -0.365 e. The van der Waals surface area contributed by atoms with Crippen molar-refractivity contribution in [3.8, 4) is 0 Å². The maximum Gasteiger partial charge on any atom is 0.278 e. The standard InChI is InChI=1S/C24H25FN2O2/c1-26(16-17-8-4-2-5-9-17)22-21(18-12-14-19(25)15-13-18)23(28)27(24(22)29)20-10-6-3-7-11-20/h2,4-5,8-9,12-15,20H,3,6-7,10-11,16H2,1H3. The van der Waals surface area contributed by atoms with Crippen molar-refractivity contribution in [2.24, 2.45) is 0 Å². The summed E-state index contributed by atoms with van der Waals surface area (Å²) in [6.45, 7) is 0.512. The summed E-state index contributed by atoms with van der Waals surface area (Å²) in [5, 5.41) is 0. The molecule has 1 heterocycles. The summed E-state index contributed by atoms with van der Waals surface area (Å²) in [6, 6.07) is 15.6. The van der Waals surface area contributed by atoms with E-state index in [-0.39, 0.29) is 23.7 Å². The Morgan fingerprint density at radius 3 is 2.24 bits per heavy atom. The highest BCUT2D eigenvalue weighted by Crippen LogP contribution is 2.36. The Kier molecular flexibility index (Phi) is 5.47. The summed E-state index contributed by atoms with van der Waals surface area (Å²) >= 11 is 0. The summed E-state index contributed by atoms with van der Waals surface area (Å²) in [5.74, 6) is -0.863. The molecule has 1 aliphatic carbocycles. The van der Waals surface area contributed by atoms with Gasteiger partial charge in [-0.2, -0.15) is 0 Å². The van der Waals surface area contributed by atoms with Crippen LogP contribution in [0.5, 0.6) is 0 Å². The second-order valence-corrected chi connectivity index (χ2v) is 7.84. The average Bonchev–Trinajstić information content (AvgIpc) is 3.00. The molecule has 29 heavy (non-hydrogen) atoms. The first kappa shape index (κ1) is 19.4. The lowest BCUT2D eigenvalue weighted by Crippen LogP contribution is -2.43. The molecular formula is C24H25FN2O2. The van der Waals surface area contributed by atoms with E-state index in [1.54, 1.807) is 12.1 Å². The first-order chi connectivity index (χ1) is 14.1. The second kappa shape index (κ2) is 8.19. The molecule has 0 atom stereocenters. The van der Waals surface area contributed by atoms with Crippen molar-refractivity contribution in [3.05, 3.63) is 77.2 Å². The third-order valence-electron chi connectivity index (χ3n) is 5.81. The van der Waals surface area contributed by atoms with Crippen LogP contribution in [0.2, 0.25) is 0 Å². The molecule has 0 saturated heterocycles. The SMILES string of the molecule is CN(Cc1ccccc1)C1=C(c2ccc(F)cc2)C(=O)N(C2CCCCC2)C1=O. The Morgan fingerprint density at radius 2 is 1.59 bits per heavy atom. The van der Waals surface area contributed by atoms with E-state index >= 15 is 0 Å². The van der Waals surface area contributed by atoms with Crippen LogP contribution in [-0.4, -0.2) is 34.7 Å². The van der Waals surface area contributed by atoms with Crippen molar-refractivity contribution in [2.75, 3.05) is 7.05 Å². The highest BCUT2D eigenvalue weighted by molar-refractivity contribution is 6.35. The van der Waals surface area contributed by atoms with Gasteiger partial charge in [0.05, 0.1) is 5.57 Å². The highest BCUT2D eigenvalue weighted by Gasteiger charge is 2.44. The number of hydrogen-bond donors (Lipinski definition) is 0. The smallest absolute Gasteiger partial charge is 0.278 e. The van der Waals surface area contributed by atoms with Gasteiger partial charge in [0.15, 0.2) is 0 Å². The molecule has 1 aliphatic heterocycles. The number of amides is 2. The molecule has 4 nitrogen and oxygen atoms in total. The molecule has 5 heteroatoms. The van der Waals surface area contributed by atoms with Crippen LogP contribution >= 0.6 is 0 Å². The van der Waals surface area contributed by atoms with Crippen molar-refractivity contribution in [2.45, 2.75) is 44.7 Å². The summed E-state index contributed by atoms with van der Waals surface area (Å²) in [7, 11) is 1.83. The number of hydrogen-bond acceptors (Lipinski definition) is 3. The van der Waals surface area contributed by atoms with Crippen molar-refractivity contribution >= 4 is 17.4 Å².